The monoisotopic (exact) mass is 256 g/mol. The highest BCUT2D eigenvalue weighted by molar-refractivity contribution is 6.04. The molecule has 1 aromatic carbocycles. The van der Waals surface area contributed by atoms with Gasteiger partial charge in [-0.25, -0.2) is 4.98 Å². The van der Waals surface area contributed by atoms with Gasteiger partial charge in [0.2, 0.25) is 0 Å². The van der Waals surface area contributed by atoms with E-state index in [1.54, 1.807) is 19.1 Å². The molecule has 1 aromatic heterocycles. The van der Waals surface area contributed by atoms with Crippen molar-refractivity contribution in [1.29, 1.82) is 0 Å². The average Bonchev–Trinajstić information content (AvgIpc) is 2.31. The third kappa shape index (κ3) is 3.10. The maximum absolute atomic E-state index is 12.1. The van der Waals surface area contributed by atoms with Gasteiger partial charge < -0.3 is 10.4 Å². The molecule has 1 amide bonds. The van der Waals surface area contributed by atoms with Gasteiger partial charge in [0.05, 0.1) is 0 Å². The first-order valence-electron chi connectivity index (χ1n) is 6.02. The van der Waals surface area contributed by atoms with E-state index >= 15 is 0 Å². The fourth-order valence-electron chi connectivity index (χ4n) is 1.89. The van der Waals surface area contributed by atoms with Crippen molar-refractivity contribution in [3.05, 3.63) is 52.7 Å². The van der Waals surface area contributed by atoms with Crippen molar-refractivity contribution >= 4 is 11.7 Å². The smallest absolute Gasteiger partial charge is 0.256 e. The number of phenolic OH excluding ortho intramolecular Hbond substituents is 1. The van der Waals surface area contributed by atoms with E-state index in [0.717, 1.165) is 11.3 Å². The van der Waals surface area contributed by atoms with Gasteiger partial charge >= 0.3 is 0 Å². The lowest BCUT2D eigenvalue weighted by atomic mass is 10.1. The predicted molar refractivity (Wildman–Crippen MR) is 74.5 cm³/mol. The molecule has 19 heavy (non-hydrogen) atoms. The molecule has 0 saturated carbocycles. The molecule has 0 radical (unpaired) electrons. The zero-order valence-electron chi connectivity index (χ0n) is 11.2. The Morgan fingerprint density at radius 3 is 2.53 bits per heavy atom. The van der Waals surface area contributed by atoms with Crippen LogP contribution in [0.2, 0.25) is 0 Å². The van der Waals surface area contributed by atoms with Gasteiger partial charge in [0.15, 0.2) is 0 Å². The largest absolute Gasteiger partial charge is 0.508 e. The highest BCUT2D eigenvalue weighted by atomic mass is 16.3. The normalized spacial score (nSPS) is 10.3. The molecule has 0 bridgehead atoms. The van der Waals surface area contributed by atoms with E-state index in [1.807, 2.05) is 26.0 Å². The summed E-state index contributed by atoms with van der Waals surface area (Å²) in [5.74, 6) is 0.481. The fraction of sp³-hybridized carbons (Fsp3) is 0.200. The highest BCUT2D eigenvalue weighted by Crippen LogP contribution is 2.18. The number of carbonyl (C=O) groups is 1. The van der Waals surface area contributed by atoms with Crippen molar-refractivity contribution in [3.63, 3.8) is 0 Å². The number of aryl methyl sites for hydroxylation is 3. The molecule has 1 heterocycles. The average molecular weight is 256 g/mol. The summed E-state index contributed by atoms with van der Waals surface area (Å²) in [4.78, 5) is 16.3. The van der Waals surface area contributed by atoms with Gasteiger partial charge in [-0.1, -0.05) is 0 Å². The Kier molecular flexibility index (Phi) is 3.51. The van der Waals surface area contributed by atoms with E-state index in [9.17, 15) is 9.90 Å². The third-order valence-corrected chi connectivity index (χ3v) is 2.80. The van der Waals surface area contributed by atoms with Crippen LogP contribution < -0.4 is 5.32 Å². The second-order valence-corrected chi connectivity index (χ2v) is 4.63. The van der Waals surface area contributed by atoms with Crippen molar-refractivity contribution in [3.8, 4) is 5.75 Å². The van der Waals surface area contributed by atoms with Crippen molar-refractivity contribution in [2.75, 3.05) is 5.32 Å². The Labute approximate surface area is 112 Å². The first-order chi connectivity index (χ1) is 8.95. The highest BCUT2D eigenvalue weighted by Gasteiger charge is 2.09. The van der Waals surface area contributed by atoms with Gasteiger partial charge in [-0.15, -0.1) is 0 Å². The van der Waals surface area contributed by atoms with Crippen molar-refractivity contribution < 1.29 is 9.90 Å². The van der Waals surface area contributed by atoms with Gasteiger partial charge in [-0.2, -0.15) is 0 Å². The summed E-state index contributed by atoms with van der Waals surface area (Å²) in [6, 6.07) is 8.51. The van der Waals surface area contributed by atoms with E-state index < -0.39 is 0 Å². The zero-order valence-corrected chi connectivity index (χ0v) is 11.2. The first kappa shape index (κ1) is 13.1. The Morgan fingerprint density at radius 2 is 1.89 bits per heavy atom. The van der Waals surface area contributed by atoms with Crippen LogP contribution in [0.25, 0.3) is 0 Å². The molecule has 0 fully saturated rings. The minimum Gasteiger partial charge on any atom is -0.508 e. The number of pyridine rings is 1. The maximum atomic E-state index is 12.1. The van der Waals surface area contributed by atoms with Crippen molar-refractivity contribution in [2.24, 2.45) is 0 Å². The third-order valence-electron chi connectivity index (χ3n) is 2.80. The molecular formula is C15H16N2O2. The first-order valence-corrected chi connectivity index (χ1v) is 6.02. The minimum atomic E-state index is -0.236. The van der Waals surface area contributed by atoms with E-state index in [0.29, 0.717) is 16.9 Å². The quantitative estimate of drug-likeness (QED) is 0.868. The van der Waals surface area contributed by atoms with Gasteiger partial charge in [0.1, 0.15) is 11.6 Å². The lowest BCUT2D eigenvalue weighted by Crippen LogP contribution is -2.13. The van der Waals surface area contributed by atoms with Gasteiger partial charge in [0, 0.05) is 11.3 Å². The SMILES string of the molecule is Cc1cc(C)nc(NC(=O)c2ccc(O)c(C)c2)c1. The fourth-order valence-corrected chi connectivity index (χ4v) is 1.89. The maximum Gasteiger partial charge on any atom is 0.256 e. The molecule has 2 N–H and O–H groups in total. The summed E-state index contributed by atoms with van der Waals surface area (Å²) in [6.45, 7) is 5.59. The molecule has 4 nitrogen and oxygen atoms in total. The number of amides is 1. The van der Waals surface area contributed by atoms with Crippen LogP contribution in [0.5, 0.6) is 5.75 Å². The minimum absolute atomic E-state index is 0.182. The summed E-state index contributed by atoms with van der Waals surface area (Å²) < 4.78 is 0. The van der Waals surface area contributed by atoms with Crippen LogP contribution >= 0.6 is 0 Å². The number of phenols is 1. The molecule has 0 atom stereocenters. The number of hydrogen-bond donors (Lipinski definition) is 2. The standard InChI is InChI=1S/C15H16N2O2/c1-9-6-11(3)16-14(7-9)17-15(19)12-4-5-13(18)10(2)8-12/h4-8,18H,1-3H3,(H,16,17,19). The molecular weight excluding hydrogens is 240 g/mol. The Bertz CT molecular complexity index is 616. The molecule has 0 aliphatic rings. The van der Waals surface area contributed by atoms with Gasteiger partial charge in [-0.05, 0) is 62.2 Å². The Morgan fingerprint density at radius 1 is 1.16 bits per heavy atom. The number of nitrogens with zero attached hydrogens (tertiary/aromatic N) is 1. The predicted octanol–water partition coefficient (Wildman–Crippen LogP) is 2.96. The van der Waals surface area contributed by atoms with Crippen LogP contribution in [0.15, 0.2) is 30.3 Å². The van der Waals surface area contributed by atoms with Crippen LogP contribution in [0.3, 0.4) is 0 Å². The molecule has 0 saturated heterocycles. The summed E-state index contributed by atoms with van der Waals surface area (Å²) in [5.41, 5.74) is 3.07. The molecule has 98 valence electrons. The molecule has 0 aliphatic carbocycles. The van der Waals surface area contributed by atoms with Crippen LogP contribution in [-0.4, -0.2) is 16.0 Å². The van der Waals surface area contributed by atoms with Crippen LogP contribution in [0, 0.1) is 20.8 Å². The van der Waals surface area contributed by atoms with Crippen LogP contribution in [0.1, 0.15) is 27.2 Å². The molecule has 0 spiro atoms. The number of anilines is 1. The van der Waals surface area contributed by atoms with Gasteiger partial charge in [-0.3, -0.25) is 4.79 Å². The van der Waals surface area contributed by atoms with E-state index in [2.05, 4.69) is 10.3 Å². The second kappa shape index (κ2) is 5.10. The number of nitrogens with one attached hydrogen (secondary N) is 1. The number of aromatic hydroxyl groups is 1. The summed E-state index contributed by atoms with van der Waals surface area (Å²) >= 11 is 0. The molecule has 2 rings (SSSR count). The van der Waals surface area contributed by atoms with Crippen LogP contribution in [-0.2, 0) is 0 Å². The number of carbonyl (C=O) groups excluding carboxylic acids is 1. The summed E-state index contributed by atoms with van der Waals surface area (Å²) in [6.07, 6.45) is 0. The van der Waals surface area contributed by atoms with E-state index in [4.69, 9.17) is 0 Å². The topological polar surface area (TPSA) is 62.2 Å². The molecule has 2 aromatic rings. The van der Waals surface area contributed by atoms with Crippen LogP contribution in [0.4, 0.5) is 5.82 Å². The van der Waals surface area contributed by atoms with Crippen molar-refractivity contribution in [1.82, 2.24) is 4.98 Å². The summed E-state index contributed by atoms with van der Waals surface area (Å²) in [5, 5.41) is 12.2. The molecule has 0 unspecified atom stereocenters. The second-order valence-electron chi connectivity index (χ2n) is 4.63. The lowest BCUT2D eigenvalue weighted by Gasteiger charge is -2.07. The lowest BCUT2D eigenvalue weighted by molar-refractivity contribution is 0.102. The Balaban J connectivity index is 2.22. The van der Waals surface area contributed by atoms with E-state index in [1.165, 1.54) is 6.07 Å². The number of rotatable bonds is 2. The van der Waals surface area contributed by atoms with E-state index in [-0.39, 0.29) is 11.7 Å². The van der Waals surface area contributed by atoms with Gasteiger partial charge in [0.25, 0.3) is 5.91 Å². The number of benzene rings is 1. The number of aromatic nitrogens is 1. The number of hydrogen-bond acceptors (Lipinski definition) is 3. The molecule has 4 heteroatoms. The molecule has 0 aliphatic heterocycles. The zero-order chi connectivity index (χ0) is 14.0. The van der Waals surface area contributed by atoms with Crippen molar-refractivity contribution in [2.45, 2.75) is 20.8 Å². The Hall–Kier alpha value is -2.36. The summed E-state index contributed by atoms with van der Waals surface area (Å²) in [7, 11) is 0.